The second-order valence-corrected chi connectivity index (χ2v) is 4.14. The summed E-state index contributed by atoms with van der Waals surface area (Å²) in [7, 11) is 0. The van der Waals surface area contributed by atoms with E-state index in [-0.39, 0.29) is 23.4 Å². The molecule has 1 aromatic rings. The Balaban J connectivity index is 2.32. The van der Waals surface area contributed by atoms with Crippen molar-refractivity contribution < 1.29 is 9.72 Å². The Hall–Kier alpha value is -2.49. The second-order valence-electron chi connectivity index (χ2n) is 4.14. The van der Waals surface area contributed by atoms with E-state index in [0.717, 1.165) is 6.20 Å². The Morgan fingerprint density at radius 1 is 1.63 bits per heavy atom. The number of amides is 1. The van der Waals surface area contributed by atoms with Gasteiger partial charge < -0.3 is 10.6 Å². The van der Waals surface area contributed by atoms with E-state index < -0.39 is 10.8 Å². The van der Waals surface area contributed by atoms with Crippen molar-refractivity contribution >= 4 is 23.4 Å². The van der Waals surface area contributed by atoms with Crippen LogP contribution in [0.25, 0.3) is 0 Å². The number of hydrazine groups is 1. The fraction of sp³-hybridized carbons (Fsp3) is 0.444. The third kappa shape index (κ3) is 2.52. The highest BCUT2D eigenvalue weighted by Gasteiger charge is 2.32. The van der Waals surface area contributed by atoms with Crippen molar-refractivity contribution in [2.75, 3.05) is 23.4 Å². The van der Waals surface area contributed by atoms with Crippen LogP contribution in [0.1, 0.15) is 6.42 Å². The fourth-order valence-corrected chi connectivity index (χ4v) is 1.98. The molecule has 2 heterocycles. The first-order chi connectivity index (χ1) is 9.02. The number of primary amides is 1. The summed E-state index contributed by atoms with van der Waals surface area (Å²) in [6.45, 7) is 0.771. The van der Waals surface area contributed by atoms with Gasteiger partial charge in [-0.1, -0.05) is 0 Å². The molecule has 5 N–H and O–H groups in total. The van der Waals surface area contributed by atoms with Crippen LogP contribution in [0.15, 0.2) is 6.20 Å². The van der Waals surface area contributed by atoms with Crippen molar-refractivity contribution in [2.24, 2.45) is 17.5 Å². The van der Waals surface area contributed by atoms with Gasteiger partial charge in [0.05, 0.1) is 10.8 Å². The molecule has 1 aliphatic rings. The normalized spacial score (nSPS) is 18.4. The number of nitrogens with two attached hydrogens (primary N) is 2. The van der Waals surface area contributed by atoms with Crippen molar-refractivity contribution in [1.29, 1.82) is 0 Å². The lowest BCUT2D eigenvalue weighted by Crippen LogP contribution is -2.28. The van der Waals surface area contributed by atoms with Gasteiger partial charge in [0, 0.05) is 13.1 Å². The van der Waals surface area contributed by atoms with Gasteiger partial charge in [-0.15, -0.1) is 0 Å². The van der Waals surface area contributed by atoms with Crippen LogP contribution in [0.4, 0.5) is 17.5 Å². The molecule has 10 heteroatoms. The molecule has 2 rings (SSSR count). The van der Waals surface area contributed by atoms with Gasteiger partial charge in [0.1, 0.15) is 6.20 Å². The molecular formula is C9H13N7O3. The molecule has 1 saturated heterocycles. The highest BCUT2D eigenvalue weighted by Crippen LogP contribution is 2.30. The van der Waals surface area contributed by atoms with Gasteiger partial charge in [-0.25, -0.2) is 10.8 Å². The van der Waals surface area contributed by atoms with Gasteiger partial charge >= 0.3 is 5.69 Å². The topological polar surface area (TPSA) is 153 Å². The molecule has 0 bridgehead atoms. The Bertz CT molecular complexity index is 521. The number of nitro groups is 1. The third-order valence-electron chi connectivity index (χ3n) is 2.97. The standard InChI is InChI=1S/C9H13N7O3/c10-7(17)5-1-2-15(4-5)8-6(16(18)19)3-12-9(13-8)14-11/h3,5H,1-2,4,11H2,(H2,10,17)(H,12,13,14). The number of carbonyl (C=O) groups is 1. The maximum Gasteiger partial charge on any atom is 0.329 e. The third-order valence-corrected chi connectivity index (χ3v) is 2.97. The summed E-state index contributed by atoms with van der Waals surface area (Å²) in [4.78, 5) is 30.8. The molecule has 102 valence electrons. The minimum Gasteiger partial charge on any atom is -0.369 e. The molecule has 0 aromatic carbocycles. The van der Waals surface area contributed by atoms with E-state index in [2.05, 4.69) is 15.4 Å². The van der Waals surface area contributed by atoms with Crippen LogP contribution in [0.2, 0.25) is 0 Å². The lowest BCUT2D eigenvalue weighted by molar-refractivity contribution is -0.384. The summed E-state index contributed by atoms with van der Waals surface area (Å²) in [5.74, 6) is 4.64. The van der Waals surface area contributed by atoms with E-state index in [9.17, 15) is 14.9 Å². The Kier molecular flexibility index (Phi) is 3.42. The van der Waals surface area contributed by atoms with E-state index in [1.807, 2.05) is 0 Å². The van der Waals surface area contributed by atoms with Crippen molar-refractivity contribution in [2.45, 2.75) is 6.42 Å². The molecule has 19 heavy (non-hydrogen) atoms. The van der Waals surface area contributed by atoms with E-state index in [0.29, 0.717) is 19.5 Å². The van der Waals surface area contributed by atoms with Crippen molar-refractivity contribution in [1.82, 2.24) is 9.97 Å². The van der Waals surface area contributed by atoms with Crippen LogP contribution in [-0.2, 0) is 4.79 Å². The molecule has 0 radical (unpaired) electrons. The highest BCUT2D eigenvalue weighted by molar-refractivity contribution is 5.78. The molecule has 1 atom stereocenters. The van der Waals surface area contributed by atoms with E-state index in [4.69, 9.17) is 11.6 Å². The molecule has 1 aromatic heterocycles. The van der Waals surface area contributed by atoms with Crippen LogP contribution < -0.4 is 21.9 Å². The Labute approximate surface area is 107 Å². The van der Waals surface area contributed by atoms with E-state index in [1.165, 1.54) is 0 Å². The summed E-state index contributed by atoms with van der Waals surface area (Å²) in [6, 6.07) is 0. The summed E-state index contributed by atoms with van der Waals surface area (Å²) in [5, 5.41) is 10.9. The largest absolute Gasteiger partial charge is 0.369 e. The van der Waals surface area contributed by atoms with Crippen LogP contribution in [0.5, 0.6) is 0 Å². The number of nitrogens with one attached hydrogen (secondary N) is 1. The van der Waals surface area contributed by atoms with Crippen LogP contribution in [0.3, 0.4) is 0 Å². The number of hydrogen-bond donors (Lipinski definition) is 3. The number of nitrogens with zero attached hydrogens (tertiary/aromatic N) is 4. The highest BCUT2D eigenvalue weighted by atomic mass is 16.6. The fourth-order valence-electron chi connectivity index (χ4n) is 1.98. The molecule has 0 aliphatic carbocycles. The quantitative estimate of drug-likeness (QED) is 0.356. The zero-order valence-corrected chi connectivity index (χ0v) is 9.94. The lowest BCUT2D eigenvalue weighted by atomic mass is 10.1. The minimum atomic E-state index is -0.576. The van der Waals surface area contributed by atoms with Crippen molar-refractivity contribution in [3.05, 3.63) is 16.3 Å². The molecule has 0 spiro atoms. The smallest absolute Gasteiger partial charge is 0.329 e. The predicted octanol–water partition coefficient (Wildman–Crippen LogP) is -1.02. The predicted molar refractivity (Wildman–Crippen MR) is 66.0 cm³/mol. The average molecular weight is 267 g/mol. The molecule has 10 nitrogen and oxygen atoms in total. The number of carbonyl (C=O) groups excluding carboxylic acids is 1. The van der Waals surface area contributed by atoms with Crippen molar-refractivity contribution in [3.63, 3.8) is 0 Å². The number of hydrogen-bond acceptors (Lipinski definition) is 8. The van der Waals surface area contributed by atoms with Gasteiger partial charge in [-0.2, -0.15) is 4.98 Å². The average Bonchev–Trinajstić information content (AvgIpc) is 2.87. The van der Waals surface area contributed by atoms with Gasteiger partial charge in [-0.05, 0) is 6.42 Å². The van der Waals surface area contributed by atoms with Crippen molar-refractivity contribution in [3.8, 4) is 0 Å². The molecule has 1 aliphatic heterocycles. The van der Waals surface area contributed by atoms with Gasteiger partial charge in [0.25, 0.3) is 0 Å². The first-order valence-corrected chi connectivity index (χ1v) is 5.55. The summed E-state index contributed by atoms with van der Waals surface area (Å²) < 4.78 is 0. The number of nitrogen functional groups attached to an aromatic ring is 1. The Morgan fingerprint density at radius 2 is 2.37 bits per heavy atom. The molecule has 1 fully saturated rings. The van der Waals surface area contributed by atoms with Gasteiger partial charge in [0.2, 0.25) is 17.7 Å². The second kappa shape index (κ2) is 5.02. The monoisotopic (exact) mass is 267 g/mol. The minimum absolute atomic E-state index is 0.0723. The van der Waals surface area contributed by atoms with Crippen LogP contribution in [0, 0.1) is 16.0 Å². The lowest BCUT2D eigenvalue weighted by Gasteiger charge is -2.16. The molecule has 1 amide bonds. The first kappa shape index (κ1) is 13.0. The number of aromatic nitrogens is 2. The molecular weight excluding hydrogens is 254 g/mol. The van der Waals surface area contributed by atoms with Gasteiger partial charge in [-0.3, -0.25) is 20.3 Å². The van der Waals surface area contributed by atoms with Gasteiger partial charge in [0.15, 0.2) is 0 Å². The maximum absolute atomic E-state index is 11.1. The van der Waals surface area contributed by atoms with Crippen LogP contribution in [-0.4, -0.2) is 33.9 Å². The SMILES string of the molecule is NNc1ncc([N+](=O)[O-])c(N2CCC(C(N)=O)C2)n1. The zero-order valence-electron chi connectivity index (χ0n) is 9.94. The number of anilines is 2. The number of rotatable bonds is 4. The first-order valence-electron chi connectivity index (χ1n) is 5.55. The van der Waals surface area contributed by atoms with Crippen LogP contribution >= 0.6 is 0 Å². The summed E-state index contributed by atoms with van der Waals surface area (Å²) in [6.07, 6.45) is 1.62. The van der Waals surface area contributed by atoms with E-state index >= 15 is 0 Å². The maximum atomic E-state index is 11.1. The zero-order chi connectivity index (χ0) is 14.0. The Morgan fingerprint density at radius 3 is 2.89 bits per heavy atom. The molecule has 1 unspecified atom stereocenters. The summed E-state index contributed by atoms with van der Waals surface area (Å²) in [5.41, 5.74) is 7.22. The summed E-state index contributed by atoms with van der Waals surface area (Å²) >= 11 is 0. The van der Waals surface area contributed by atoms with E-state index in [1.54, 1.807) is 4.90 Å². The molecule has 0 saturated carbocycles.